The van der Waals surface area contributed by atoms with Crippen LogP contribution >= 0.6 is 34.0 Å². The van der Waals surface area contributed by atoms with Crippen molar-refractivity contribution in [3.8, 4) is 21.3 Å². The zero-order chi connectivity index (χ0) is 17.2. The van der Waals surface area contributed by atoms with Gasteiger partial charge in [0.25, 0.3) is 5.91 Å². The average Bonchev–Trinajstić information content (AvgIpc) is 3.35. The fourth-order valence-corrected chi connectivity index (χ4v) is 4.69. The van der Waals surface area contributed by atoms with E-state index in [0.29, 0.717) is 10.0 Å². The van der Waals surface area contributed by atoms with Crippen LogP contribution in [0.3, 0.4) is 0 Å². The average molecular weight is 385 g/mol. The maximum absolute atomic E-state index is 12.6. The predicted octanol–water partition coefficient (Wildman–Crippen LogP) is 4.95. The molecule has 4 heterocycles. The molecule has 0 aliphatic heterocycles. The summed E-state index contributed by atoms with van der Waals surface area (Å²) < 4.78 is 0. The molecule has 0 aliphatic carbocycles. The van der Waals surface area contributed by atoms with Gasteiger partial charge < -0.3 is 0 Å². The minimum atomic E-state index is -0.181. The predicted molar refractivity (Wildman–Crippen MR) is 103 cm³/mol. The summed E-state index contributed by atoms with van der Waals surface area (Å²) in [6.07, 6.45) is 1.72. The second-order valence-electron chi connectivity index (χ2n) is 5.12. The standard InChI is InChI=1S/C17H12N4OS3/c1-10-14(25-16(19-10)13-6-4-8-23-13)15(22)21-17-20-12(9-24-17)11-5-2-3-7-18-11/h2-9H,1H3,(H,20,21,22). The maximum Gasteiger partial charge on any atom is 0.269 e. The third kappa shape index (κ3) is 3.37. The van der Waals surface area contributed by atoms with Crippen molar-refractivity contribution in [2.24, 2.45) is 0 Å². The molecule has 0 saturated carbocycles. The minimum Gasteiger partial charge on any atom is -0.297 e. The van der Waals surface area contributed by atoms with E-state index in [0.717, 1.165) is 27.0 Å². The Morgan fingerprint density at radius 1 is 1.08 bits per heavy atom. The normalized spacial score (nSPS) is 10.8. The van der Waals surface area contributed by atoms with Gasteiger partial charge in [0.05, 0.1) is 16.3 Å². The number of nitrogens with one attached hydrogen (secondary N) is 1. The Morgan fingerprint density at radius 3 is 2.76 bits per heavy atom. The lowest BCUT2D eigenvalue weighted by atomic mass is 10.3. The fourth-order valence-electron chi connectivity index (χ4n) is 2.23. The Labute approximate surface area is 156 Å². The summed E-state index contributed by atoms with van der Waals surface area (Å²) in [6, 6.07) is 9.64. The van der Waals surface area contributed by atoms with E-state index < -0.39 is 0 Å². The van der Waals surface area contributed by atoms with E-state index in [4.69, 9.17) is 0 Å². The van der Waals surface area contributed by atoms with Gasteiger partial charge in [-0.3, -0.25) is 15.1 Å². The highest BCUT2D eigenvalue weighted by molar-refractivity contribution is 7.22. The van der Waals surface area contributed by atoms with Gasteiger partial charge in [0.1, 0.15) is 15.6 Å². The molecular weight excluding hydrogens is 372 g/mol. The second kappa shape index (κ2) is 6.83. The van der Waals surface area contributed by atoms with Crippen molar-refractivity contribution in [1.29, 1.82) is 0 Å². The van der Waals surface area contributed by atoms with Crippen LogP contribution in [-0.4, -0.2) is 20.9 Å². The molecule has 0 bridgehead atoms. The van der Waals surface area contributed by atoms with Crippen LogP contribution in [0.15, 0.2) is 47.3 Å². The monoisotopic (exact) mass is 384 g/mol. The molecule has 8 heteroatoms. The molecule has 0 atom stereocenters. The highest BCUT2D eigenvalue weighted by atomic mass is 32.1. The molecule has 0 spiro atoms. The number of thiazole rings is 2. The molecule has 124 valence electrons. The minimum absolute atomic E-state index is 0.181. The molecule has 1 N–H and O–H groups in total. The first-order valence-corrected chi connectivity index (χ1v) is 9.98. The number of hydrogen-bond donors (Lipinski definition) is 1. The number of aromatic nitrogens is 3. The number of amides is 1. The van der Waals surface area contributed by atoms with Gasteiger partial charge in [-0.2, -0.15) is 0 Å². The van der Waals surface area contributed by atoms with E-state index in [9.17, 15) is 4.79 Å². The van der Waals surface area contributed by atoms with Crippen LogP contribution in [0.5, 0.6) is 0 Å². The fraction of sp³-hybridized carbons (Fsp3) is 0.0588. The van der Waals surface area contributed by atoms with Crippen molar-refractivity contribution in [2.75, 3.05) is 5.32 Å². The Balaban J connectivity index is 1.54. The molecule has 25 heavy (non-hydrogen) atoms. The molecule has 1 amide bonds. The summed E-state index contributed by atoms with van der Waals surface area (Å²) in [5.74, 6) is -0.181. The van der Waals surface area contributed by atoms with Gasteiger partial charge in [-0.1, -0.05) is 12.1 Å². The molecule has 4 aromatic rings. The second-order valence-corrected chi connectivity index (χ2v) is 7.92. The molecule has 0 aliphatic rings. The highest BCUT2D eigenvalue weighted by Crippen LogP contribution is 2.32. The van der Waals surface area contributed by atoms with Crippen molar-refractivity contribution < 1.29 is 4.79 Å². The van der Waals surface area contributed by atoms with Crippen LogP contribution in [-0.2, 0) is 0 Å². The van der Waals surface area contributed by atoms with Gasteiger partial charge in [0.2, 0.25) is 0 Å². The lowest BCUT2D eigenvalue weighted by molar-refractivity contribution is 0.103. The molecule has 5 nitrogen and oxygen atoms in total. The van der Waals surface area contributed by atoms with Gasteiger partial charge in [-0.25, -0.2) is 9.97 Å². The van der Waals surface area contributed by atoms with E-state index in [2.05, 4.69) is 20.3 Å². The molecule has 4 aromatic heterocycles. The van der Waals surface area contributed by atoms with E-state index >= 15 is 0 Å². The SMILES string of the molecule is Cc1nc(-c2cccs2)sc1C(=O)Nc1nc(-c2ccccn2)cs1. The molecule has 4 rings (SSSR count). The molecule has 0 radical (unpaired) electrons. The van der Waals surface area contributed by atoms with Gasteiger partial charge in [0.15, 0.2) is 5.13 Å². The summed E-state index contributed by atoms with van der Waals surface area (Å²) >= 11 is 4.39. The maximum atomic E-state index is 12.6. The number of rotatable bonds is 4. The third-order valence-electron chi connectivity index (χ3n) is 3.39. The Hall–Kier alpha value is -2.42. The quantitative estimate of drug-likeness (QED) is 0.540. The van der Waals surface area contributed by atoms with Gasteiger partial charge in [-0.15, -0.1) is 34.0 Å². The number of hydrogen-bond acceptors (Lipinski definition) is 7. The summed E-state index contributed by atoms with van der Waals surface area (Å²) in [5, 5.41) is 8.16. The zero-order valence-corrected chi connectivity index (χ0v) is 15.5. The smallest absolute Gasteiger partial charge is 0.269 e. The summed E-state index contributed by atoms with van der Waals surface area (Å²) in [4.78, 5) is 27.5. The Bertz CT molecular complexity index is 1010. The summed E-state index contributed by atoms with van der Waals surface area (Å²) in [6.45, 7) is 1.85. The van der Waals surface area contributed by atoms with Crippen molar-refractivity contribution in [1.82, 2.24) is 15.0 Å². The first kappa shape index (κ1) is 16.1. The van der Waals surface area contributed by atoms with Crippen molar-refractivity contribution >= 4 is 45.0 Å². The molecular formula is C17H12N4OS3. The van der Waals surface area contributed by atoms with Crippen LogP contribution in [0.1, 0.15) is 15.4 Å². The van der Waals surface area contributed by atoms with E-state index in [-0.39, 0.29) is 5.91 Å². The largest absolute Gasteiger partial charge is 0.297 e. The van der Waals surface area contributed by atoms with Crippen LogP contribution < -0.4 is 5.32 Å². The lowest BCUT2D eigenvalue weighted by Gasteiger charge is -1.99. The van der Waals surface area contributed by atoms with Crippen molar-refractivity contribution in [2.45, 2.75) is 6.92 Å². The number of pyridine rings is 1. The van der Waals surface area contributed by atoms with E-state index in [1.807, 2.05) is 48.0 Å². The number of aryl methyl sites for hydroxylation is 1. The van der Waals surface area contributed by atoms with Crippen LogP contribution in [0.2, 0.25) is 0 Å². The summed E-state index contributed by atoms with van der Waals surface area (Å²) in [7, 11) is 0. The summed E-state index contributed by atoms with van der Waals surface area (Å²) in [5.41, 5.74) is 2.27. The van der Waals surface area contributed by atoms with Crippen LogP contribution in [0, 0.1) is 6.92 Å². The lowest BCUT2D eigenvalue weighted by Crippen LogP contribution is -2.11. The Morgan fingerprint density at radius 2 is 2.00 bits per heavy atom. The van der Waals surface area contributed by atoms with Crippen LogP contribution in [0.25, 0.3) is 21.3 Å². The molecule has 0 fully saturated rings. The molecule has 0 unspecified atom stereocenters. The first-order chi connectivity index (χ1) is 12.2. The molecule has 0 aromatic carbocycles. The number of thiophene rings is 1. The highest BCUT2D eigenvalue weighted by Gasteiger charge is 2.18. The van der Waals surface area contributed by atoms with Gasteiger partial charge in [0, 0.05) is 11.6 Å². The van der Waals surface area contributed by atoms with Gasteiger partial charge >= 0.3 is 0 Å². The van der Waals surface area contributed by atoms with E-state index in [1.54, 1.807) is 17.5 Å². The molecule has 0 saturated heterocycles. The number of carbonyl (C=O) groups is 1. The van der Waals surface area contributed by atoms with Gasteiger partial charge in [-0.05, 0) is 30.5 Å². The first-order valence-electron chi connectivity index (χ1n) is 7.40. The number of anilines is 1. The number of carbonyl (C=O) groups excluding carboxylic acids is 1. The third-order valence-corrected chi connectivity index (χ3v) is 6.34. The Kier molecular flexibility index (Phi) is 4.39. The van der Waals surface area contributed by atoms with Crippen molar-refractivity contribution in [3.63, 3.8) is 0 Å². The van der Waals surface area contributed by atoms with Crippen LogP contribution in [0.4, 0.5) is 5.13 Å². The zero-order valence-electron chi connectivity index (χ0n) is 13.1. The van der Waals surface area contributed by atoms with Crippen molar-refractivity contribution in [3.05, 3.63) is 57.9 Å². The number of nitrogens with zero attached hydrogens (tertiary/aromatic N) is 3. The topological polar surface area (TPSA) is 67.8 Å². The van der Waals surface area contributed by atoms with E-state index in [1.165, 1.54) is 22.7 Å².